The zero-order valence-electron chi connectivity index (χ0n) is 36.6. The predicted octanol–water partition coefficient (Wildman–Crippen LogP) is 17.9. The second kappa shape index (κ2) is 14.8. The van der Waals surface area contributed by atoms with Gasteiger partial charge in [0.25, 0.3) is 0 Å². The monoisotopic (exact) mass is 845 g/mol. The molecule has 0 aliphatic heterocycles. The van der Waals surface area contributed by atoms with Gasteiger partial charge in [-0.15, -0.1) is 0 Å². The molecule has 0 fully saturated rings. The molecule has 12 aromatic rings. The predicted molar refractivity (Wildman–Crippen MR) is 275 cm³/mol. The number of hydrogen-bond donors (Lipinski definition) is 0. The molecule has 1 aliphatic carbocycles. The van der Waals surface area contributed by atoms with E-state index in [1.807, 2.05) is 24.3 Å². The third kappa shape index (κ3) is 5.97. The first-order valence-corrected chi connectivity index (χ1v) is 22.7. The number of anilines is 3. The maximum atomic E-state index is 6.48. The molecule has 0 bridgehead atoms. The molecule has 13 rings (SSSR count). The molecule has 0 atom stereocenters. The SMILES string of the molecule is CC1(C)c2cc(N(c3ccc(-c4cccc5c4oc4ccccc45)cc3)c3ccc(-c4cccc5c4oc4ccccc45)cc3)ccc2-c2cc(-c3ccccc3)c(-c3ccccc3)cc21. The van der Waals surface area contributed by atoms with Crippen LogP contribution in [0.4, 0.5) is 17.1 Å². The minimum absolute atomic E-state index is 0.255. The number of furan rings is 2. The first-order chi connectivity index (χ1) is 32.5. The summed E-state index contributed by atoms with van der Waals surface area (Å²) in [4.78, 5) is 2.39. The van der Waals surface area contributed by atoms with Crippen molar-refractivity contribution in [3.05, 3.63) is 236 Å². The van der Waals surface area contributed by atoms with Crippen molar-refractivity contribution in [2.75, 3.05) is 4.90 Å². The van der Waals surface area contributed by atoms with Crippen LogP contribution < -0.4 is 4.90 Å². The molecule has 0 unspecified atom stereocenters. The van der Waals surface area contributed by atoms with Crippen molar-refractivity contribution in [2.45, 2.75) is 19.3 Å². The van der Waals surface area contributed by atoms with Crippen LogP contribution in [0.5, 0.6) is 0 Å². The summed E-state index contributed by atoms with van der Waals surface area (Å²) in [5.41, 5.74) is 21.1. The van der Waals surface area contributed by atoms with Crippen LogP contribution >= 0.6 is 0 Å². The van der Waals surface area contributed by atoms with E-state index in [1.54, 1.807) is 0 Å². The van der Waals surface area contributed by atoms with Crippen molar-refractivity contribution >= 4 is 60.9 Å². The van der Waals surface area contributed by atoms with Crippen LogP contribution in [0.3, 0.4) is 0 Å². The second-order valence-corrected chi connectivity index (χ2v) is 18.0. The van der Waals surface area contributed by atoms with Gasteiger partial charge >= 0.3 is 0 Å². The second-order valence-electron chi connectivity index (χ2n) is 18.0. The molecule has 312 valence electrons. The quantitative estimate of drug-likeness (QED) is 0.160. The molecular weight excluding hydrogens is 803 g/mol. The van der Waals surface area contributed by atoms with Crippen LogP contribution in [0.15, 0.2) is 233 Å². The highest BCUT2D eigenvalue weighted by atomic mass is 16.3. The summed E-state index contributed by atoms with van der Waals surface area (Å²) in [6.45, 7) is 4.76. The van der Waals surface area contributed by atoms with Gasteiger partial charge in [0.2, 0.25) is 0 Å². The summed E-state index contributed by atoms with van der Waals surface area (Å²) in [5, 5.41) is 4.51. The average Bonchev–Trinajstić information content (AvgIpc) is 4.02. The Morgan fingerprint density at radius 2 is 0.727 bits per heavy atom. The van der Waals surface area contributed by atoms with E-state index in [0.717, 1.165) is 83.2 Å². The van der Waals surface area contributed by atoms with Crippen molar-refractivity contribution in [3.8, 4) is 55.6 Å². The van der Waals surface area contributed by atoms with Gasteiger partial charge < -0.3 is 13.7 Å². The Labute approximate surface area is 383 Å². The lowest BCUT2D eigenvalue weighted by molar-refractivity contribution is 0.660. The van der Waals surface area contributed by atoms with Gasteiger partial charge in [0.1, 0.15) is 22.3 Å². The molecule has 2 aromatic heterocycles. The van der Waals surface area contributed by atoms with E-state index in [0.29, 0.717) is 0 Å². The Bertz CT molecular complexity index is 3660. The fourth-order valence-corrected chi connectivity index (χ4v) is 10.6. The highest BCUT2D eigenvalue weighted by molar-refractivity contribution is 6.11. The van der Waals surface area contributed by atoms with Gasteiger partial charge in [0.15, 0.2) is 0 Å². The Balaban J connectivity index is 0.947. The zero-order valence-corrected chi connectivity index (χ0v) is 36.6. The van der Waals surface area contributed by atoms with Crippen molar-refractivity contribution < 1.29 is 8.83 Å². The first-order valence-electron chi connectivity index (χ1n) is 22.7. The minimum Gasteiger partial charge on any atom is -0.455 e. The first kappa shape index (κ1) is 38.1. The molecule has 3 nitrogen and oxygen atoms in total. The summed E-state index contributed by atoms with van der Waals surface area (Å²) in [6, 6.07) is 80.9. The Morgan fingerprint density at radius 1 is 0.303 bits per heavy atom. The summed E-state index contributed by atoms with van der Waals surface area (Å²) in [5.74, 6) is 0. The molecule has 10 aromatic carbocycles. The maximum absolute atomic E-state index is 6.48. The molecule has 0 amide bonds. The normalized spacial score (nSPS) is 12.8. The largest absolute Gasteiger partial charge is 0.455 e. The molecule has 0 saturated carbocycles. The molecular formula is C63H43NO2. The number of rotatable bonds is 7. The highest BCUT2D eigenvalue weighted by Crippen LogP contribution is 2.54. The van der Waals surface area contributed by atoms with Gasteiger partial charge in [-0.2, -0.15) is 0 Å². The smallest absolute Gasteiger partial charge is 0.143 e. The molecule has 2 heterocycles. The van der Waals surface area contributed by atoms with E-state index in [9.17, 15) is 0 Å². The lowest BCUT2D eigenvalue weighted by atomic mass is 9.80. The van der Waals surface area contributed by atoms with Crippen molar-refractivity contribution in [1.82, 2.24) is 0 Å². The molecule has 0 saturated heterocycles. The van der Waals surface area contributed by atoms with E-state index in [2.05, 4.69) is 219 Å². The molecule has 1 aliphatic rings. The number of hydrogen-bond acceptors (Lipinski definition) is 3. The van der Waals surface area contributed by atoms with Crippen LogP contribution in [-0.4, -0.2) is 0 Å². The molecule has 0 N–H and O–H groups in total. The van der Waals surface area contributed by atoms with E-state index in [1.165, 1.54) is 44.5 Å². The minimum atomic E-state index is -0.255. The lowest BCUT2D eigenvalue weighted by Gasteiger charge is -2.28. The average molecular weight is 846 g/mol. The summed E-state index contributed by atoms with van der Waals surface area (Å²) < 4.78 is 13.0. The fourth-order valence-electron chi connectivity index (χ4n) is 10.6. The van der Waals surface area contributed by atoms with Gasteiger partial charge in [-0.1, -0.05) is 178 Å². The van der Waals surface area contributed by atoms with E-state index >= 15 is 0 Å². The molecule has 0 spiro atoms. The summed E-state index contributed by atoms with van der Waals surface area (Å²) in [6.07, 6.45) is 0. The van der Waals surface area contributed by atoms with Crippen LogP contribution in [0, 0.1) is 0 Å². The van der Waals surface area contributed by atoms with Crippen molar-refractivity contribution in [3.63, 3.8) is 0 Å². The number of nitrogens with zero attached hydrogens (tertiary/aromatic N) is 1. The number of fused-ring (bicyclic) bond motifs is 9. The van der Waals surface area contributed by atoms with Crippen molar-refractivity contribution in [1.29, 1.82) is 0 Å². The van der Waals surface area contributed by atoms with Gasteiger partial charge in [0.05, 0.1) is 0 Å². The van der Waals surface area contributed by atoms with Gasteiger partial charge in [-0.3, -0.25) is 0 Å². The third-order valence-corrected chi connectivity index (χ3v) is 13.9. The molecule has 0 radical (unpaired) electrons. The zero-order chi connectivity index (χ0) is 43.9. The Kier molecular flexibility index (Phi) is 8.56. The van der Waals surface area contributed by atoms with Crippen LogP contribution in [0.25, 0.3) is 99.5 Å². The molecule has 3 heteroatoms. The number of benzene rings is 10. The highest BCUT2D eigenvalue weighted by Gasteiger charge is 2.37. The summed E-state index contributed by atoms with van der Waals surface area (Å²) >= 11 is 0. The Morgan fingerprint density at radius 3 is 1.26 bits per heavy atom. The summed E-state index contributed by atoms with van der Waals surface area (Å²) in [7, 11) is 0. The van der Waals surface area contributed by atoms with E-state index in [4.69, 9.17) is 8.83 Å². The van der Waals surface area contributed by atoms with Crippen LogP contribution in [0.1, 0.15) is 25.0 Å². The lowest BCUT2D eigenvalue weighted by Crippen LogP contribution is -2.17. The Hall–Kier alpha value is -8.40. The van der Waals surface area contributed by atoms with Gasteiger partial charge in [-0.05, 0) is 116 Å². The topological polar surface area (TPSA) is 29.5 Å². The van der Waals surface area contributed by atoms with Crippen LogP contribution in [0.2, 0.25) is 0 Å². The third-order valence-electron chi connectivity index (χ3n) is 13.9. The van der Waals surface area contributed by atoms with Crippen molar-refractivity contribution in [2.24, 2.45) is 0 Å². The van der Waals surface area contributed by atoms with Gasteiger partial charge in [0, 0.05) is 55.1 Å². The van der Waals surface area contributed by atoms with E-state index < -0.39 is 0 Å². The fraction of sp³-hybridized carbons (Fsp3) is 0.0476. The number of para-hydroxylation sites is 4. The van der Waals surface area contributed by atoms with Gasteiger partial charge in [-0.25, -0.2) is 0 Å². The molecule has 66 heavy (non-hydrogen) atoms. The van der Waals surface area contributed by atoms with E-state index in [-0.39, 0.29) is 5.41 Å². The maximum Gasteiger partial charge on any atom is 0.143 e. The van der Waals surface area contributed by atoms with Crippen LogP contribution in [-0.2, 0) is 5.41 Å². The standard InChI is InChI=1S/C63H43NO2/c1-63(2)57-37-46(35-36-49(57)56-38-54(40-15-5-3-6-16-40)55(39-58(56)63)41-17-7-4-8-18-41)64(44-31-27-42(28-32-44)47-21-13-23-52-50-19-9-11-25-59(50)65-61(47)52)45-33-29-43(30-34-45)48-22-14-24-53-51-20-10-12-26-60(51)66-62(48)53/h3-39H,1-2H3.